The number of hydrogen-bond donors (Lipinski definition) is 1. The van der Waals surface area contributed by atoms with Gasteiger partial charge in [0.15, 0.2) is 0 Å². The third kappa shape index (κ3) is 1.80. The fourth-order valence-corrected chi connectivity index (χ4v) is 2.54. The van der Waals surface area contributed by atoms with E-state index in [1.165, 1.54) is 5.56 Å². The summed E-state index contributed by atoms with van der Waals surface area (Å²) in [6, 6.07) is 8.21. The van der Waals surface area contributed by atoms with Crippen molar-refractivity contribution in [2.24, 2.45) is 5.92 Å². The lowest BCUT2D eigenvalue weighted by Gasteiger charge is -2.27. The van der Waals surface area contributed by atoms with Crippen molar-refractivity contribution in [1.82, 2.24) is 4.90 Å². The van der Waals surface area contributed by atoms with Crippen LogP contribution in [0.5, 0.6) is 0 Å². The third-order valence-electron chi connectivity index (χ3n) is 3.43. The lowest BCUT2D eigenvalue weighted by atomic mass is 9.85. The zero-order valence-electron chi connectivity index (χ0n) is 9.70. The fourth-order valence-electron chi connectivity index (χ4n) is 2.54. The number of hydrogen-bond acceptors (Lipinski definition) is 2. The van der Waals surface area contributed by atoms with Crippen molar-refractivity contribution in [3.63, 3.8) is 0 Å². The minimum atomic E-state index is -0.666. The summed E-state index contributed by atoms with van der Waals surface area (Å²) in [5, 5.41) is 10.7. The summed E-state index contributed by atoms with van der Waals surface area (Å²) in [5.41, 5.74) is 1.60. The predicted octanol–water partition coefficient (Wildman–Crippen LogP) is 1.76. The largest absolute Gasteiger partial charge is 0.383 e. The second-order valence-electron chi connectivity index (χ2n) is 4.89. The molecule has 1 fully saturated rings. The summed E-state index contributed by atoms with van der Waals surface area (Å²) in [6.07, 6.45) is 0. The summed E-state index contributed by atoms with van der Waals surface area (Å²) in [4.78, 5) is 2.19. The van der Waals surface area contributed by atoms with Crippen LogP contribution in [0.25, 0.3) is 0 Å². The van der Waals surface area contributed by atoms with Crippen molar-refractivity contribution in [3.05, 3.63) is 35.4 Å². The number of benzene rings is 1. The Bertz CT molecular complexity index is 363. The molecule has 1 saturated heterocycles. The van der Waals surface area contributed by atoms with E-state index in [2.05, 4.69) is 37.9 Å². The molecule has 0 bridgehead atoms. The number of nitrogens with zero attached hydrogens (tertiary/aromatic N) is 1. The molecule has 0 aromatic heterocycles. The first-order chi connectivity index (χ1) is 7.02. The predicted molar refractivity (Wildman–Crippen MR) is 61.7 cm³/mol. The average Bonchev–Trinajstić information content (AvgIpc) is 2.42. The monoisotopic (exact) mass is 205 g/mol. The number of aliphatic hydroxyl groups is 1. The molecule has 82 valence electrons. The molecule has 2 heteroatoms. The minimum absolute atomic E-state index is 0.296. The maximum atomic E-state index is 10.7. The Morgan fingerprint density at radius 3 is 2.73 bits per heavy atom. The van der Waals surface area contributed by atoms with Crippen LogP contribution in [0, 0.1) is 12.8 Å². The number of likely N-dealkylation sites (N-methyl/N-ethyl adjacent to an activating group) is 1. The lowest BCUT2D eigenvalue weighted by Crippen LogP contribution is -2.33. The molecule has 1 aromatic rings. The molecule has 1 aliphatic heterocycles. The number of aryl methyl sites for hydroxylation is 1. The van der Waals surface area contributed by atoms with Crippen LogP contribution in [-0.2, 0) is 5.60 Å². The van der Waals surface area contributed by atoms with Gasteiger partial charge in [-0.25, -0.2) is 0 Å². The van der Waals surface area contributed by atoms with Crippen molar-refractivity contribution in [1.29, 1.82) is 0 Å². The normalized spacial score (nSPS) is 32.1. The molecular weight excluding hydrogens is 186 g/mol. The quantitative estimate of drug-likeness (QED) is 0.755. The van der Waals surface area contributed by atoms with Gasteiger partial charge in [-0.15, -0.1) is 0 Å². The summed E-state index contributed by atoms with van der Waals surface area (Å²) in [6.45, 7) is 5.88. The number of rotatable bonds is 1. The highest BCUT2D eigenvalue weighted by molar-refractivity contribution is 5.29. The summed E-state index contributed by atoms with van der Waals surface area (Å²) in [5.74, 6) is 0.296. The molecule has 1 aromatic carbocycles. The molecule has 0 spiro atoms. The Balaban J connectivity index is 2.37. The Morgan fingerprint density at radius 1 is 1.47 bits per heavy atom. The smallest absolute Gasteiger partial charge is 0.106 e. The molecular formula is C13H19NO. The van der Waals surface area contributed by atoms with E-state index in [0.29, 0.717) is 5.92 Å². The first kappa shape index (κ1) is 10.7. The van der Waals surface area contributed by atoms with Crippen molar-refractivity contribution in [2.45, 2.75) is 19.4 Å². The third-order valence-corrected chi connectivity index (χ3v) is 3.43. The Kier molecular flexibility index (Phi) is 2.57. The summed E-state index contributed by atoms with van der Waals surface area (Å²) < 4.78 is 0. The van der Waals surface area contributed by atoms with Gasteiger partial charge in [-0.1, -0.05) is 36.8 Å². The van der Waals surface area contributed by atoms with Gasteiger partial charge in [0, 0.05) is 19.0 Å². The van der Waals surface area contributed by atoms with Crippen LogP contribution >= 0.6 is 0 Å². The summed E-state index contributed by atoms with van der Waals surface area (Å²) >= 11 is 0. The van der Waals surface area contributed by atoms with Gasteiger partial charge in [0.05, 0.1) is 0 Å². The van der Waals surface area contributed by atoms with E-state index in [0.717, 1.165) is 18.7 Å². The molecule has 0 amide bonds. The first-order valence-electron chi connectivity index (χ1n) is 5.50. The highest BCUT2D eigenvalue weighted by Crippen LogP contribution is 2.36. The van der Waals surface area contributed by atoms with Crippen molar-refractivity contribution in [2.75, 3.05) is 20.1 Å². The molecule has 0 aliphatic carbocycles. The van der Waals surface area contributed by atoms with E-state index in [4.69, 9.17) is 0 Å². The highest BCUT2D eigenvalue weighted by atomic mass is 16.3. The number of likely N-dealkylation sites (tertiary alicyclic amines) is 1. The lowest BCUT2D eigenvalue weighted by molar-refractivity contribution is 0.0146. The zero-order valence-corrected chi connectivity index (χ0v) is 9.70. The van der Waals surface area contributed by atoms with Gasteiger partial charge in [-0.3, -0.25) is 0 Å². The Hall–Kier alpha value is -0.860. The van der Waals surface area contributed by atoms with Crippen LogP contribution in [0.1, 0.15) is 18.1 Å². The van der Waals surface area contributed by atoms with Crippen molar-refractivity contribution < 1.29 is 5.11 Å². The SMILES string of the molecule is Cc1cccc([C@]2(O)CN(C)C[C@@H]2C)c1. The maximum Gasteiger partial charge on any atom is 0.106 e. The summed E-state index contributed by atoms with van der Waals surface area (Å²) in [7, 11) is 2.06. The molecule has 1 aliphatic rings. The zero-order chi connectivity index (χ0) is 11.1. The fraction of sp³-hybridized carbons (Fsp3) is 0.538. The van der Waals surface area contributed by atoms with Crippen LogP contribution in [0.3, 0.4) is 0 Å². The first-order valence-corrected chi connectivity index (χ1v) is 5.50. The van der Waals surface area contributed by atoms with E-state index in [1.54, 1.807) is 0 Å². The van der Waals surface area contributed by atoms with Crippen LogP contribution in [0.2, 0.25) is 0 Å². The average molecular weight is 205 g/mol. The molecule has 2 rings (SSSR count). The van der Waals surface area contributed by atoms with Crippen LogP contribution in [0.4, 0.5) is 0 Å². The second kappa shape index (κ2) is 3.62. The van der Waals surface area contributed by atoms with Gasteiger partial charge < -0.3 is 10.0 Å². The van der Waals surface area contributed by atoms with Crippen LogP contribution < -0.4 is 0 Å². The van der Waals surface area contributed by atoms with Gasteiger partial charge in [-0.05, 0) is 19.5 Å². The molecule has 15 heavy (non-hydrogen) atoms. The Morgan fingerprint density at radius 2 is 2.20 bits per heavy atom. The minimum Gasteiger partial charge on any atom is -0.383 e. The molecule has 2 atom stereocenters. The molecule has 0 unspecified atom stereocenters. The maximum absolute atomic E-state index is 10.7. The molecule has 1 N–H and O–H groups in total. The van der Waals surface area contributed by atoms with E-state index >= 15 is 0 Å². The van der Waals surface area contributed by atoms with Gasteiger partial charge in [-0.2, -0.15) is 0 Å². The molecule has 2 nitrogen and oxygen atoms in total. The van der Waals surface area contributed by atoms with E-state index in [9.17, 15) is 5.11 Å². The van der Waals surface area contributed by atoms with Crippen molar-refractivity contribution >= 4 is 0 Å². The van der Waals surface area contributed by atoms with E-state index in [-0.39, 0.29) is 0 Å². The topological polar surface area (TPSA) is 23.5 Å². The van der Waals surface area contributed by atoms with Gasteiger partial charge in [0.2, 0.25) is 0 Å². The molecule has 1 heterocycles. The van der Waals surface area contributed by atoms with E-state index in [1.807, 2.05) is 12.1 Å². The molecule has 0 saturated carbocycles. The standard InChI is InChI=1S/C13H19NO/c1-10-5-4-6-12(7-10)13(15)9-14(3)8-11(13)2/h4-7,11,15H,8-9H2,1-3H3/t11-,13-/m0/s1. The van der Waals surface area contributed by atoms with E-state index < -0.39 is 5.60 Å². The molecule has 0 radical (unpaired) electrons. The van der Waals surface area contributed by atoms with Crippen molar-refractivity contribution in [3.8, 4) is 0 Å². The Labute approximate surface area is 91.5 Å². The van der Waals surface area contributed by atoms with Gasteiger partial charge in [0.25, 0.3) is 0 Å². The second-order valence-corrected chi connectivity index (χ2v) is 4.89. The number of β-amino-alcohol motifs (C(OH)–C–C–N with tert-alkyl or cyclic N) is 1. The highest BCUT2D eigenvalue weighted by Gasteiger charge is 2.42. The van der Waals surface area contributed by atoms with Gasteiger partial charge in [0.1, 0.15) is 5.60 Å². The van der Waals surface area contributed by atoms with Crippen LogP contribution in [-0.4, -0.2) is 30.1 Å². The van der Waals surface area contributed by atoms with Gasteiger partial charge >= 0.3 is 0 Å². The van der Waals surface area contributed by atoms with Crippen LogP contribution in [0.15, 0.2) is 24.3 Å².